The van der Waals surface area contributed by atoms with Gasteiger partial charge in [0.1, 0.15) is 0 Å². The molecule has 2 aromatic rings. The van der Waals surface area contributed by atoms with Gasteiger partial charge in [0, 0.05) is 10.1 Å². The molecule has 110 valence electrons. The molecule has 2 heterocycles. The zero-order chi connectivity index (χ0) is 15.0. The van der Waals surface area contributed by atoms with Gasteiger partial charge in [-0.1, -0.05) is 37.3 Å². The molecule has 1 atom stereocenters. The van der Waals surface area contributed by atoms with Gasteiger partial charge in [-0.15, -0.1) is 16.9 Å². The van der Waals surface area contributed by atoms with E-state index in [1.54, 1.807) is 4.68 Å². The van der Waals surface area contributed by atoms with Crippen molar-refractivity contribution in [1.29, 1.82) is 0 Å². The molecule has 0 saturated heterocycles. The van der Waals surface area contributed by atoms with E-state index in [2.05, 4.69) is 28.5 Å². The summed E-state index contributed by atoms with van der Waals surface area (Å²) in [5.41, 5.74) is 2.14. The molecule has 1 aliphatic rings. The van der Waals surface area contributed by atoms with E-state index in [0.717, 1.165) is 6.42 Å². The van der Waals surface area contributed by atoms with Gasteiger partial charge in [0.15, 0.2) is 5.69 Å². The van der Waals surface area contributed by atoms with Crippen molar-refractivity contribution in [3.63, 3.8) is 0 Å². The number of aromatic carboxylic acids is 1. The number of rotatable bonds is 4. The van der Waals surface area contributed by atoms with E-state index in [0.29, 0.717) is 17.5 Å². The minimum absolute atomic E-state index is 0.0745. The van der Waals surface area contributed by atoms with Gasteiger partial charge in [-0.3, -0.25) is 0 Å². The lowest BCUT2D eigenvalue weighted by Crippen LogP contribution is -2.17. The molecule has 1 aliphatic heterocycles. The van der Waals surface area contributed by atoms with E-state index in [1.165, 1.54) is 10.5 Å². The van der Waals surface area contributed by atoms with Crippen molar-refractivity contribution in [1.82, 2.24) is 15.0 Å². The second-order valence-corrected chi connectivity index (χ2v) is 6.86. The standard InChI is InChI=1S/C15H17N3O2S/c1-9(2)14-13(15(19)20)16-17-18(14)8-11-7-10-5-3-4-6-12(10)21-11/h3-6,9,11H,7-8H2,1-2H3,(H,19,20). The Hall–Kier alpha value is -1.82. The number of hydrogen-bond donors (Lipinski definition) is 1. The van der Waals surface area contributed by atoms with Crippen molar-refractivity contribution in [2.24, 2.45) is 0 Å². The molecule has 21 heavy (non-hydrogen) atoms. The lowest BCUT2D eigenvalue weighted by Gasteiger charge is -2.13. The minimum Gasteiger partial charge on any atom is -0.476 e. The summed E-state index contributed by atoms with van der Waals surface area (Å²) >= 11 is 1.83. The van der Waals surface area contributed by atoms with Crippen LogP contribution in [0.4, 0.5) is 0 Å². The molecule has 0 spiro atoms. The minimum atomic E-state index is -1.01. The predicted molar refractivity (Wildman–Crippen MR) is 80.9 cm³/mol. The third-order valence-corrected chi connectivity index (χ3v) is 4.91. The topological polar surface area (TPSA) is 68.0 Å². The molecule has 1 aromatic carbocycles. The first-order valence-corrected chi connectivity index (χ1v) is 7.85. The highest BCUT2D eigenvalue weighted by Gasteiger charge is 2.26. The van der Waals surface area contributed by atoms with Crippen molar-refractivity contribution >= 4 is 17.7 Å². The highest BCUT2D eigenvalue weighted by molar-refractivity contribution is 8.00. The average Bonchev–Trinajstić information content (AvgIpc) is 3.01. The number of benzene rings is 1. The van der Waals surface area contributed by atoms with Crippen LogP contribution in [0.1, 0.15) is 41.5 Å². The van der Waals surface area contributed by atoms with Gasteiger partial charge in [-0.25, -0.2) is 9.48 Å². The maximum absolute atomic E-state index is 11.2. The van der Waals surface area contributed by atoms with Gasteiger partial charge < -0.3 is 5.11 Å². The van der Waals surface area contributed by atoms with Gasteiger partial charge in [-0.05, 0) is 24.0 Å². The Labute approximate surface area is 127 Å². The molecule has 1 unspecified atom stereocenters. The van der Waals surface area contributed by atoms with Crippen LogP contribution in [0.2, 0.25) is 0 Å². The molecule has 0 saturated carbocycles. The molecular formula is C15H17N3O2S. The smallest absolute Gasteiger partial charge is 0.358 e. The Balaban J connectivity index is 1.82. The number of carboxylic acid groups (broad SMARTS) is 1. The Bertz CT molecular complexity index is 656. The summed E-state index contributed by atoms with van der Waals surface area (Å²) in [4.78, 5) is 12.5. The zero-order valence-electron chi connectivity index (χ0n) is 12.0. The molecule has 1 aromatic heterocycles. The first-order chi connectivity index (χ1) is 10.1. The van der Waals surface area contributed by atoms with Crippen LogP contribution in [0.3, 0.4) is 0 Å². The fraction of sp³-hybridized carbons (Fsp3) is 0.400. The van der Waals surface area contributed by atoms with Gasteiger partial charge in [0.2, 0.25) is 0 Å². The van der Waals surface area contributed by atoms with Crippen molar-refractivity contribution < 1.29 is 9.90 Å². The highest BCUT2D eigenvalue weighted by atomic mass is 32.2. The van der Waals surface area contributed by atoms with Crippen LogP contribution < -0.4 is 0 Å². The van der Waals surface area contributed by atoms with E-state index in [-0.39, 0.29) is 11.6 Å². The summed E-state index contributed by atoms with van der Waals surface area (Å²) in [6.45, 7) is 4.63. The molecule has 0 amide bonds. The van der Waals surface area contributed by atoms with Crippen LogP contribution >= 0.6 is 11.8 Å². The molecule has 0 fully saturated rings. The molecule has 0 radical (unpaired) electrons. The average molecular weight is 303 g/mol. The normalized spacial score (nSPS) is 17.2. The van der Waals surface area contributed by atoms with Gasteiger partial charge in [0.05, 0.1) is 12.2 Å². The van der Waals surface area contributed by atoms with Crippen molar-refractivity contribution in [3.05, 3.63) is 41.2 Å². The van der Waals surface area contributed by atoms with Crippen LogP contribution in [0.5, 0.6) is 0 Å². The van der Waals surface area contributed by atoms with E-state index in [1.807, 2.05) is 31.7 Å². The molecule has 5 nitrogen and oxygen atoms in total. The molecule has 0 bridgehead atoms. The van der Waals surface area contributed by atoms with Crippen LogP contribution in [0.25, 0.3) is 0 Å². The van der Waals surface area contributed by atoms with E-state index in [9.17, 15) is 9.90 Å². The number of thioether (sulfide) groups is 1. The van der Waals surface area contributed by atoms with E-state index < -0.39 is 5.97 Å². The third-order valence-electron chi connectivity index (χ3n) is 3.61. The lowest BCUT2D eigenvalue weighted by atomic mass is 10.1. The fourth-order valence-electron chi connectivity index (χ4n) is 2.73. The van der Waals surface area contributed by atoms with Gasteiger partial charge in [-0.2, -0.15) is 0 Å². The molecule has 0 aliphatic carbocycles. The summed E-state index contributed by atoms with van der Waals surface area (Å²) in [6.07, 6.45) is 0.987. The number of carbonyl (C=O) groups is 1. The Kier molecular flexibility index (Phi) is 3.71. The number of hydrogen-bond acceptors (Lipinski definition) is 4. The number of fused-ring (bicyclic) bond motifs is 1. The number of nitrogens with zero attached hydrogens (tertiary/aromatic N) is 3. The van der Waals surface area contributed by atoms with Crippen molar-refractivity contribution in [2.75, 3.05) is 0 Å². The monoisotopic (exact) mass is 303 g/mol. The summed E-state index contributed by atoms with van der Waals surface area (Å²) in [6, 6.07) is 8.38. The predicted octanol–water partition coefficient (Wildman–Crippen LogP) is 2.82. The molecular weight excluding hydrogens is 286 g/mol. The summed E-state index contributed by atoms with van der Waals surface area (Å²) < 4.78 is 1.76. The lowest BCUT2D eigenvalue weighted by molar-refractivity contribution is 0.0688. The Morgan fingerprint density at radius 3 is 2.90 bits per heavy atom. The number of carboxylic acids is 1. The molecule has 3 rings (SSSR count). The molecule has 6 heteroatoms. The highest BCUT2D eigenvalue weighted by Crippen LogP contribution is 2.37. The maximum atomic E-state index is 11.2. The maximum Gasteiger partial charge on any atom is 0.358 e. The second kappa shape index (κ2) is 5.52. The number of aromatic nitrogens is 3. The summed E-state index contributed by atoms with van der Waals surface area (Å²) in [5.74, 6) is -0.924. The first-order valence-electron chi connectivity index (χ1n) is 6.97. The first kappa shape index (κ1) is 14.1. The SMILES string of the molecule is CC(C)c1c(C(=O)O)nnn1CC1Cc2ccccc2S1. The van der Waals surface area contributed by atoms with Crippen LogP contribution in [0, 0.1) is 0 Å². The van der Waals surface area contributed by atoms with Crippen LogP contribution in [-0.2, 0) is 13.0 Å². The van der Waals surface area contributed by atoms with E-state index in [4.69, 9.17) is 0 Å². The van der Waals surface area contributed by atoms with E-state index >= 15 is 0 Å². The summed E-state index contributed by atoms with van der Waals surface area (Å²) in [5, 5.41) is 17.5. The quantitative estimate of drug-likeness (QED) is 0.940. The van der Waals surface area contributed by atoms with Gasteiger partial charge in [0.25, 0.3) is 0 Å². The van der Waals surface area contributed by atoms with Crippen LogP contribution in [-0.4, -0.2) is 31.3 Å². The third kappa shape index (κ3) is 2.68. The summed E-state index contributed by atoms with van der Waals surface area (Å²) in [7, 11) is 0. The largest absolute Gasteiger partial charge is 0.476 e. The second-order valence-electron chi connectivity index (χ2n) is 5.52. The van der Waals surface area contributed by atoms with Gasteiger partial charge >= 0.3 is 5.97 Å². The van der Waals surface area contributed by atoms with Crippen LogP contribution in [0.15, 0.2) is 29.2 Å². The fourth-order valence-corrected chi connectivity index (χ4v) is 4.03. The zero-order valence-corrected chi connectivity index (χ0v) is 12.8. The van der Waals surface area contributed by atoms with Crippen molar-refractivity contribution in [2.45, 2.75) is 42.9 Å². The Morgan fingerprint density at radius 1 is 1.48 bits per heavy atom. The Morgan fingerprint density at radius 2 is 2.24 bits per heavy atom. The van der Waals surface area contributed by atoms with Crippen molar-refractivity contribution in [3.8, 4) is 0 Å². The molecule has 1 N–H and O–H groups in total.